The van der Waals surface area contributed by atoms with Gasteiger partial charge in [0.15, 0.2) is 5.17 Å². The van der Waals surface area contributed by atoms with Gasteiger partial charge in [-0.2, -0.15) is 14.0 Å². The lowest BCUT2D eigenvalue weighted by molar-refractivity contribution is -0.128. The molecule has 1 aliphatic heterocycles. The number of alkyl halides is 2. The summed E-state index contributed by atoms with van der Waals surface area (Å²) in [5.74, 6) is -0.435. The molecule has 2 atom stereocenters. The van der Waals surface area contributed by atoms with E-state index < -0.39 is 12.5 Å². The summed E-state index contributed by atoms with van der Waals surface area (Å²) in [5.41, 5.74) is 6.47. The average Bonchev–Trinajstić information content (AvgIpc) is 2.72. The van der Waals surface area contributed by atoms with Crippen LogP contribution in [0, 0.1) is 11.3 Å². The van der Waals surface area contributed by atoms with E-state index >= 15 is 0 Å². The number of hydrogen-bond acceptors (Lipinski definition) is 8. The van der Waals surface area contributed by atoms with Crippen molar-refractivity contribution in [2.45, 2.75) is 31.2 Å². The topological polar surface area (TPSA) is 126 Å². The molecule has 3 N–H and O–H groups in total. The van der Waals surface area contributed by atoms with Crippen LogP contribution >= 0.6 is 23.4 Å². The second kappa shape index (κ2) is 12.1. The van der Waals surface area contributed by atoms with Crippen LogP contribution in [0.4, 0.5) is 14.5 Å². The largest absolute Gasteiger partial charge is 0.379 e. The number of nitriles is 1. The first-order valence-corrected chi connectivity index (χ1v) is 10.2. The number of hydrogen-bond donors (Lipinski definition) is 2. The Labute approximate surface area is 186 Å². The number of nitrogens with zero attached hydrogens (tertiary/aromatic N) is 4. The van der Waals surface area contributed by atoms with Gasteiger partial charge in [-0.05, 0) is 31.5 Å². The summed E-state index contributed by atoms with van der Waals surface area (Å²) in [6.07, 6.45) is 5.15. The minimum atomic E-state index is -2.70. The number of amidine groups is 1. The number of carbonyl (C=O) groups excluding carboxylic acids is 1. The molecule has 0 radical (unpaired) electrons. The number of aromatic nitrogens is 2. The molecule has 8 nitrogen and oxygen atoms in total. The quantitative estimate of drug-likeness (QED) is 0.685. The molecule has 0 aromatic carbocycles. The Balaban J connectivity index is 0.000000233. The number of anilines is 1. The zero-order chi connectivity index (χ0) is 22.8. The van der Waals surface area contributed by atoms with Crippen molar-refractivity contribution in [1.29, 1.82) is 5.26 Å². The molecule has 31 heavy (non-hydrogen) atoms. The Bertz CT molecular complexity index is 958. The number of ether oxygens (including phenoxy) is 1. The molecule has 0 saturated carbocycles. The number of rotatable bonds is 5. The van der Waals surface area contributed by atoms with Crippen molar-refractivity contribution < 1.29 is 18.3 Å². The SMILES string of the molecule is C[C@H]1C[C@@H](COC(F)F)SC(N)=N1.N#Cc1cnc(C(=O)Nc2ccncc2)c(Cl)c1. The molecule has 0 saturated heterocycles. The van der Waals surface area contributed by atoms with Crippen molar-refractivity contribution in [2.24, 2.45) is 10.7 Å². The normalized spacial score (nSPS) is 17.7. The van der Waals surface area contributed by atoms with E-state index in [1.807, 2.05) is 13.0 Å². The second-order valence-electron chi connectivity index (χ2n) is 6.24. The Morgan fingerprint density at radius 1 is 1.48 bits per heavy atom. The van der Waals surface area contributed by atoms with Crippen LogP contribution in [0.5, 0.6) is 0 Å². The Kier molecular flexibility index (Phi) is 9.58. The highest BCUT2D eigenvalue weighted by Gasteiger charge is 2.21. The molecule has 2 aromatic rings. The third kappa shape index (κ3) is 8.45. The fraction of sp³-hybridized carbons (Fsp3) is 0.316. The van der Waals surface area contributed by atoms with E-state index in [0.717, 1.165) is 6.42 Å². The highest BCUT2D eigenvalue weighted by molar-refractivity contribution is 8.14. The maximum atomic E-state index is 11.9. The Morgan fingerprint density at radius 2 is 2.19 bits per heavy atom. The Morgan fingerprint density at radius 3 is 2.77 bits per heavy atom. The van der Waals surface area contributed by atoms with Crippen molar-refractivity contribution in [2.75, 3.05) is 11.9 Å². The Hall–Kier alpha value is -2.81. The number of halogens is 3. The van der Waals surface area contributed by atoms with Crippen LogP contribution in [-0.2, 0) is 4.74 Å². The molecule has 0 aliphatic carbocycles. The van der Waals surface area contributed by atoms with Crippen molar-refractivity contribution in [3.05, 3.63) is 53.1 Å². The van der Waals surface area contributed by atoms with Crippen molar-refractivity contribution >= 4 is 40.1 Å². The number of carbonyl (C=O) groups is 1. The zero-order valence-electron chi connectivity index (χ0n) is 16.3. The van der Waals surface area contributed by atoms with Gasteiger partial charge in [0.05, 0.1) is 23.2 Å². The van der Waals surface area contributed by atoms with Crippen LogP contribution in [0.1, 0.15) is 29.4 Å². The number of nitrogens with two attached hydrogens (primary N) is 1. The minimum absolute atomic E-state index is 0.00139. The van der Waals surface area contributed by atoms with Gasteiger partial charge in [0, 0.05) is 29.5 Å². The second-order valence-corrected chi connectivity index (χ2v) is 7.97. The van der Waals surface area contributed by atoms with E-state index in [4.69, 9.17) is 22.6 Å². The van der Waals surface area contributed by atoms with Crippen LogP contribution in [0.3, 0.4) is 0 Å². The number of thioether (sulfide) groups is 1. The molecule has 0 spiro atoms. The van der Waals surface area contributed by atoms with E-state index in [1.54, 1.807) is 24.5 Å². The molecule has 1 aliphatic rings. The molecule has 3 rings (SSSR count). The smallest absolute Gasteiger partial charge is 0.345 e. The molecule has 1 amide bonds. The summed E-state index contributed by atoms with van der Waals surface area (Å²) in [6, 6.07) is 6.70. The van der Waals surface area contributed by atoms with Gasteiger partial charge in [-0.3, -0.25) is 14.8 Å². The summed E-state index contributed by atoms with van der Waals surface area (Å²) < 4.78 is 27.6. The minimum Gasteiger partial charge on any atom is -0.379 e. The van der Waals surface area contributed by atoms with Crippen LogP contribution < -0.4 is 11.1 Å². The first-order chi connectivity index (χ1) is 14.8. The molecule has 12 heteroatoms. The van der Waals surface area contributed by atoms with Gasteiger partial charge < -0.3 is 15.8 Å². The van der Waals surface area contributed by atoms with Crippen LogP contribution in [-0.4, -0.2) is 45.6 Å². The van der Waals surface area contributed by atoms with Crippen LogP contribution in [0.2, 0.25) is 5.02 Å². The van der Waals surface area contributed by atoms with Crippen molar-refractivity contribution in [3.8, 4) is 6.07 Å². The number of aliphatic imine (C=N–C) groups is 1. The van der Waals surface area contributed by atoms with E-state index in [2.05, 4.69) is 25.0 Å². The monoisotopic (exact) mass is 468 g/mol. The number of amides is 1. The van der Waals surface area contributed by atoms with Crippen LogP contribution in [0.15, 0.2) is 41.8 Å². The lowest BCUT2D eigenvalue weighted by atomic mass is 10.2. The molecule has 0 unspecified atom stereocenters. The fourth-order valence-corrected chi connectivity index (χ4v) is 3.83. The maximum Gasteiger partial charge on any atom is 0.345 e. The van der Waals surface area contributed by atoms with Crippen LogP contribution in [0.25, 0.3) is 0 Å². The predicted octanol–water partition coefficient (Wildman–Crippen LogP) is 3.69. The first kappa shape index (κ1) is 24.5. The number of nitrogens with one attached hydrogen (secondary N) is 1. The molecule has 164 valence electrons. The molecule has 0 fully saturated rings. The lowest BCUT2D eigenvalue weighted by Gasteiger charge is -2.23. The van der Waals surface area contributed by atoms with Crippen molar-refractivity contribution in [1.82, 2.24) is 9.97 Å². The summed E-state index contributed by atoms with van der Waals surface area (Å²) >= 11 is 7.18. The van der Waals surface area contributed by atoms with Gasteiger partial charge in [0.2, 0.25) is 0 Å². The summed E-state index contributed by atoms with van der Waals surface area (Å²) in [4.78, 5) is 23.6. The third-order valence-corrected chi connectivity index (χ3v) is 5.07. The van der Waals surface area contributed by atoms with Crippen molar-refractivity contribution in [3.63, 3.8) is 0 Å². The third-order valence-electron chi connectivity index (χ3n) is 3.77. The lowest BCUT2D eigenvalue weighted by Crippen LogP contribution is -2.28. The average molecular weight is 469 g/mol. The number of pyridine rings is 2. The fourth-order valence-electron chi connectivity index (χ4n) is 2.47. The standard InChI is InChI=1S/C12H7ClN4O.C7H12F2N2OS/c13-10-5-8(6-14)7-16-11(10)12(18)17-9-1-3-15-4-2-9;1-4-2-5(3-12-6(8)9)13-7(10)11-4/h1-5,7H,(H,15,17,18);4-6H,2-3H2,1H3,(H2,10,11)/t;4-,5-/m.0/s1. The molecule has 3 heterocycles. The summed E-state index contributed by atoms with van der Waals surface area (Å²) in [7, 11) is 0. The van der Waals surface area contributed by atoms with Gasteiger partial charge in [0.1, 0.15) is 11.8 Å². The van der Waals surface area contributed by atoms with Gasteiger partial charge in [-0.1, -0.05) is 23.4 Å². The highest BCUT2D eigenvalue weighted by atomic mass is 35.5. The van der Waals surface area contributed by atoms with Gasteiger partial charge in [-0.15, -0.1) is 0 Å². The van der Waals surface area contributed by atoms with E-state index in [1.165, 1.54) is 24.0 Å². The van der Waals surface area contributed by atoms with E-state index in [9.17, 15) is 13.6 Å². The first-order valence-electron chi connectivity index (χ1n) is 8.95. The van der Waals surface area contributed by atoms with E-state index in [-0.39, 0.29) is 28.6 Å². The van der Waals surface area contributed by atoms with Gasteiger partial charge in [0.25, 0.3) is 5.91 Å². The summed E-state index contributed by atoms with van der Waals surface area (Å²) in [5, 5.41) is 11.9. The highest BCUT2D eigenvalue weighted by Crippen LogP contribution is 2.24. The molecular weight excluding hydrogens is 450 g/mol. The predicted molar refractivity (Wildman–Crippen MR) is 115 cm³/mol. The van der Waals surface area contributed by atoms with Gasteiger partial charge in [-0.25, -0.2) is 4.98 Å². The van der Waals surface area contributed by atoms with Gasteiger partial charge >= 0.3 is 6.61 Å². The summed E-state index contributed by atoms with van der Waals surface area (Å²) in [6.45, 7) is -0.763. The van der Waals surface area contributed by atoms with E-state index in [0.29, 0.717) is 16.4 Å². The maximum absolute atomic E-state index is 11.9. The molecule has 0 bridgehead atoms. The molecule has 2 aromatic heterocycles. The molecular formula is C19H19ClF2N6O2S. The zero-order valence-corrected chi connectivity index (χ0v) is 17.9.